The van der Waals surface area contributed by atoms with Gasteiger partial charge < -0.3 is 19.4 Å². The van der Waals surface area contributed by atoms with Crippen LogP contribution in [0.1, 0.15) is 41.9 Å². The highest BCUT2D eigenvalue weighted by Gasteiger charge is 2.42. The molecule has 0 bridgehead atoms. The van der Waals surface area contributed by atoms with Gasteiger partial charge in [-0.15, -0.1) is 0 Å². The van der Waals surface area contributed by atoms with E-state index in [0.717, 1.165) is 59.4 Å². The summed E-state index contributed by atoms with van der Waals surface area (Å²) < 4.78 is 12.3. The zero-order chi connectivity index (χ0) is 21.4. The number of aromatic nitrogens is 1. The van der Waals surface area contributed by atoms with Crippen molar-refractivity contribution in [3.63, 3.8) is 0 Å². The first-order chi connectivity index (χ1) is 15.1. The number of halogens is 1. The van der Waals surface area contributed by atoms with Crippen LogP contribution in [-0.4, -0.2) is 34.3 Å². The van der Waals surface area contributed by atoms with E-state index >= 15 is 0 Å². The van der Waals surface area contributed by atoms with E-state index in [-0.39, 0.29) is 18.2 Å². The number of benzene rings is 1. The molecule has 2 aromatic heterocycles. The highest BCUT2D eigenvalue weighted by atomic mass is 35.5. The molecule has 2 aliphatic rings. The summed E-state index contributed by atoms with van der Waals surface area (Å²) in [6.45, 7) is 3.53. The van der Waals surface area contributed by atoms with Crippen LogP contribution in [-0.2, 0) is 4.74 Å². The maximum atomic E-state index is 6.37. The molecule has 1 aromatic carbocycles. The third-order valence-electron chi connectivity index (χ3n) is 6.00. The Hall–Kier alpha value is -2.41. The van der Waals surface area contributed by atoms with E-state index in [0.29, 0.717) is 5.11 Å². The lowest BCUT2D eigenvalue weighted by atomic mass is 10.0. The number of nitrogens with one attached hydrogen (secondary N) is 1. The molecule has 7 heteroatoms. The molecule has 5 nitrogen and oxygen atoms in total. The second-order valence-corrected chi connectivity index (χ2v) is 8.87. The zero-order valence-electron chi connectivity index (χ0n) is 17.3. The molecule has 4 heterocycles. The average Bonchev–Trinajstić information content (AvgIpc) is 3.52. The Kier molecular flexibility index (Phi) is 5.69. The number of thiocarbonyl (C=S) groups is 1. The fraction of sp³-hybridized carbons (Fsp3) is 0.333. The van der Waals surface area contributed by atoms with E-state index in [1.54, 1.807) is 0 Å². The van der Waals surface area contributed by atoms with Gasteiger partial charge in [-0.05, 0) is 67.9 Å². The Labute approximate surface area is 192 Å². The molecule has 2 saturated heterocycles. The molecule has 0 spiro atoms. The number of pyridine rings is 1. The van der Waals surface area contributed by atoms with E-state index in [2.05, 4.69) is 15.2 Å². The first kappa shape index (κ1) is 20.5. The van der Waals surface area contributed by atoms with Gasteiger partial charge in [-0.2, -0.15) is 0 Å². The first-order valence-electron chi connectivity index (χ1n) is 10.6. The van der Waals surface area contributed by atoms with Crippen molar-refractivity contribution in [2.75, 3.05) is 13.2 Å². The third-order valence-corrected chi connectivity index (χ3v) is 6.76. The molecule has 0 amide bonds. The van der Waals surface area contributed by atoms with E-state index in [9.17, 15) is 0 Å². The largest absolute Gasteiger partial charge is 0.459 e. The van der Waals surface area contributed by atoms with Crippen LogP contribution in [0.3, 0.4) is 0 Å². The van der Waals surface area contributed by atoms with Crippen LogP contribution in [0.2, 0.25) is 5.02 Å². The summed E-state index contributed by atoms with van der Waals surface area (Å²) in [5.41, 5.74) is 2.93. The summed E-state index contributed by atoms with van der Waals surface area (Å²) in [4.78, 5) is 6.77. The normalized spacial score (nSPS) is 23.4. The fourth-order valence-corrected chi connectivity index (χ4v) is 4.83. The lowest BCUT2D eigenvalue weighted by molar-refractivity contribution is 0.0818. The maximum Gasteiger partial charge on any atom is 0.170 e. The fourth-order valence-electron chi connectivity index (χ4n) is 4.33. The molecule has 3 aromatic rings. The standard InChI is InChI=1S/C24H24ClN3O2S/c1-15-7-8-16(13-18(15)25)20-9-10-21(30-20)23-22(19-6-2-3-11-26-19)27-24(31)28(23)14-17-5-4-12-29-17/h2-3,6-11,13,17,22-23H,4-5,12,14H2,1H3,(H,27,31). The number of hydrogen-bond donors (Lipinski definition) is 1. The van der Waals surface area contributed by atoms with Gasteiger partial charge in [0, 0.05) is 29.9 Å². The predicted octanol–water partition coefficient (Wildman–Crippen LogP) is 5.45. The van der Waals surface area contributed by atoms with Crippen LogP contribution in [0.5, 0.6) is 0 Å². The number of rotatable bonds is 5. The molecule has 0 radical (unpaired) electrons. The van der Waals surface area contributed by atoms with E-state index < -0.39 is 0 Å². The van der Waals surface area contributed by atoms with Crippen molar-refractivity contribution >= 4 is 28.9 Å². The molecular weight excluding hydrogens is 430 g/mol. The van der Waals surface area contributed by atoms with Crippen molar-refractivity contribution in [3.8, 4) is 11.3 Å². The van der Waals surface area contributed by atoms with Crippen molar-refractivity contribution < 1.29 is 9.15 Å². The van der Waals surface area contributed by atoms with Gasteiger partial charge in [-0.1, -0.05) is 29.8 Å². The molecule has 3 unspecified atom stereocenters. The van der Waals surface area contributed by atoms with Crippen molar-refractivity contribution in [3.05, 3.63) is 76.8 Å². The van der Waals surface area contributed by atoms with Crippen molar-refractivity contribution in [1.82, 2.24) is 15.2 Å². The molecular formula is C24H24ClN3O2S. The lowest BCUT2D eigenvalue weighted by Crippen LogP contribution is -2.36. The van der Waals surface area contributed by atoms with E-state index in [4.69, 9.17) is 33.0 Å². The Morgan fingerprint density at radius 1 is 1.23 bits per heavy atom. The highest BCUT2D eigenvalue weighted by Crippen LogP contribution is 2.41. The molecule has 160 valence electrons. The maximum absolute atomic E-state index is 6.37. The quantitative estimate of drug-likeness (QED) is 0.518. The Bertz CT molecular complexity index is 1080. The van der Waals surface area contributed by atoms with Gasteiger partial charge in [-0.25, -0.2) is 0 Å². The second-order valence-electron chi connectivity index (χ2n) is 8.08. The number of nitrogens with zero attached hydrogens (tertiary/aromatic N) is 2. The Balaban J connectivity index is 1.50. The molecule has 3 atom stereocenters. The van der Waals surface area contributed by atoms with E-state index in [1.807, 2.05) is 61.7 Å². The summed E-state index contributed by atoms with van der Waals surface area (Å²) in [6.07, 6.45) is 4.12. The second kappa shape index (κ2) is 8.61. The monoisotopic (exact) mass is 453 g/mol. The number of hydrogen-bond acceptors (Lipinski definition) is 4. The van der Waals surface area contributed by atoms with Crippen LogP contribution in [0.25, 0.3) is 11.3 Å². The number of furan rings is 1. The summed E-state index contributed by atoms with van der Waals surface area (Å²) in [5, 5.41) is 4.90. The molecule has 5 rings (SSSR count). The molecule has 0 aliphatic carbocycles. The topological polar surface area (TPSA) is 50.5 Å². The van der Waals surface area contributed by atoms with Gasteiger partial charge in [0.1, 0.15) is 17.6 Å². The van der Waals surface area contributed by atoms with Gasteiger partial charge in [0.25, 0.3) is 0 Å². The summed E-state index contributed by atoms with van der Waals surface area (Å²) in [7, 11) is 0. The minimum atomic E-state index is -0.110. The summed E-state index contributed by atoms with van der Waals surface area (Å²) in [6, 6.07) is 15.7. The van der Waals surface area contributed by atoms with Gasteiger partial charge in [-0.3, -0.25) is 4.98 Å². The molecule has 1 N–H and O–H groups in total. The van der Waals surface area contributed by atoms with Crippen molar-refractivity contribution in [2.24, 2.45) is 0 Å². The van der Waals surface area contributed by atoms with Gasteiger partial charge >= 0.3 is 0 Å². The molecule has 0 saturated carbocycles. The zero-order valence-corrected chi connectivity index (χ0v) is 18.8. The van der Waals surface area contributed by atoms with Gasteiger partial charge in [0.05, 0.1) is 17.8 Å². The number of aryl methyl sites for hydroxylation is 1. The minimum absolute atomic E-state index is 0.101. The third kappa shape index (κ3) is 4.07. The van der Waals surface area contributed by atoms with E-state index in [1.165, 1.54) is 0 Å². The van der Waals surface area contributed by atoms with Crippen LogP contribution >= 0.6 is 23.8 Å². The molecule has 2 fully saturated rings. The Morgan fingerprint density at radius 2 is 2.13 bits per heavy atom. The van der Waals surface area contributed by atoms with Crippen LogP contribution < -0.4 is 5.32 Å². The summed E-state index contributed by atoms with van der Waals surface area (Å²) in [5.74, 6) is 1.62. The van der Waals surface area contributed by atoms with Crippen LogP contribution in [0.4, 0.5) is 0 Å². The lowest BCUT2D eigenvalue weighted by Gasteiger charge is -2.28. The van der Waals surface area contributed by atoms with Gasteiger partial charge in [0.15, 0.2) is 5.11 Å². The van der Waals surface area contributed by atoms with Crippen molar-refractivity contribution in [2.45, 2.75) is 38.0 Å². The SMILES string of the molecule is Cc1ccc(-c2ccc(C3C(c4ccccn4)NC(=S)N3CC3CCCO3)o2)cc1Cl. The predicted molar refractivity (Wildman–Crippen MR) is 125 cm³/mol. The average molecular weight is 454 g/mol. The first-order valence-corrected chi connectivity index (χ1v) is 11.3. The van der Waals surface area contributed by atoms with Crippen molar-refractivity contribution in [1.29, 1.82) is 0 Å². The van der Waals surface area contributed by atoms with Gasteiger partial charge in [0.2, 0.25) is 0 Å². The smallest absolute Gasteiger partial charge is 0.170 e. The number of ether oxygens (including phenoxy) is 1. The molecule has 31 heavy (non-hydrogen) atoms. The Morgan fingerprint density at radius 3 is 2.87 bits per heavy atom. The van der Waals surface area contributed by atoms with Crippen LogP contribution in [0.15, 0.2) is 59.1 Å². The molecule has 2 aliphatic heterocycles. The highest BCUT2D eigenvalue weighted by molar-refractivity contribution is 7.80. The summed E-state index contributed by atoms with van der Waals surface area (Å²) >= 11 is 12.1. The minimum Gasteiger partial charge on any atom is -0.459 e. The van der Waals surface area contributed by atoms with Crippen LogP contribution in [0, 0.1) is 6.92 Å².